The van der Waals surface area contributed by atoms with Crippen LogP contribution in [0.5, 0.6) is 11.5 Å². The molecule has 0 saturated heterocycles. The summed E-state index contributed by atoms with van der Waals surface area (Å²) in [6.07, 6.45) is 0.736. The Hall–Kier alpha value is -3.41. The van der Waals surface area contributed by atoms with Gasteiger partial charge in [-0.15, -0.1) is 0 Å². The molecular formula is C28H31NO5. The molecular weight excluding hydrogens is 430 g/mol. The van der Waals surface area contributed by atoms with E-state index in [0.29, 0.717) is 35.6 Å². The molecule has 3 atom stereocenters. The number of carbonyl (C=O) groups excluding carboxylic acids is 2. The van der Waals surface area contributed by atoms with Gasteiger partial charge < -0.3 is 14.2 Å². The van der Waals surface area contributed by atoms with Crippen molar-refractivity contribution in [3.8, 4) is 11.5 Å². The maximum atomic E-state index is 13.7. The summed E-state index contributed by atoms with van der Waals surface area (Å²) in [5, 5.41) is 0. The fourth-order valence-electron chi connectivity index (χ4n) is 5.04. The molecule has 0 saturated carbocycles. The third kappa shape index (κ3) is 4.49. The third-order valence-corrected chi connectivity index (χ3v) is 6.54. The number of hydrogen-bond acceptors (Lipinski definition) is 6. The van der Waals surface area contributed by atoms with Crippen LogP contribution in [0.1, 0.15) is 56.6 Å². The van der Waals surface area contributed by atoms with Crippen LogP contribution in [0.2, 0.25) is 0 Å². The molecule has 0 fully saturated rings. The van der Waals surface area contributed by atoms with Gasteiger partial charge in [0.1, 0.15) is 17.4 Å². The molecule has 1 aliphatic heterocycles. The summed E-state index contributed by atoms with van der Waals surface area (Å²) in [6, 6.07) is 15.5. The maximum absolute atomic E-state index is 13.7. The number of allylic oxidation sites excluding steroid dienone is 2. The lowest BCUT2D eigenvalue weighted by Crippen LogP contribution is -2.39. The average molecular weight is 462 g/mol. The van der Waals surface area contributed by atoms with Gasteiger partial charge in [0.15, 0.2) is 5.78 Å². The highest BCUT2D eigenvalue weighted by Gasteiger charge is 2.46. The summed E-state index contributed by atoms with van der Waals surface area (Å²) in [5.41, 5.74) is 3.86. The van der Waals surface area contributed by atoms with E-state index in [4.69, 9.17) is 19.2 Å². The maximum Gasteiger partial charge on any atom is 0.315 e. The third-order valence-electron chi connectivity index (χ3n) is 6.54. The number of hydrogen-bond donors (Lipinski definition) is 0. The van der Waals surface area contributed by atoms with Gasteiger partial charge >= 0.3 is 5.97 Å². The Balaban J connectivity index is 1.85. The Morgan fingerprint density at radius 1 is 1.03 bits per heavy atom. The van der Waals surface area contributed by atoms with Crippen LogP contribution in [0.4, 0.5) is 0 Å². The van der Waals surface area contributed by atoms with Crippen molar-refractivity contribution in [3.05, 3.63) is 70.9 Å². The van der Waals surface area contributed by atoms with Crippen molar-refractivity contribution in [2.75, 3.05) is 14.2 Å². The second-order valence-corrected chi connectivity index (χ2v) is 9.10. The molecule has 178 valence electrons. The van der Waals surface area contributed by atoms with Crippen molar-refractivity contribution in [2.45, 2.75) is 51.6 Å². The molecule has 2 aromatic rings. The summed E-state index contributed by atoms with van der Waals surface area (Å²) in [4.78, 5) is 31.8. The summed E-state index contributed by atoms with van der Waals surface area (Å²) < 4.78 is 16.7. The van der Waals surface area contributed by atoms with Crippen LogP contribution in [0.15, 0.2) is 64.8 Å². The molecule has 3 unspecified atom stereocenters. The Bertz CT molecular complexity index is 1150. The highest BCUT2D eigenvalue weighted by Crippen LogP contribution is 2.49. The molecule has 2 aliphatic rings. The fourth-order valence-corrected chi connectivity index (χ4v) is 5.04. The molecule has 6 nitrogen and oxygen atoms in total. The van der Waals surface area contributed by atoms with Crippen molar-refractivity contribution in [1.29, 1.82) is 0 Å². The number of nitrogens with zero attached hydrogens (tertiary/aromatic N) is 1. The molecule has 4 rings (SSSR count). The van der Waals surface area contributed by atoms with Gasteiger partial charge in [-0.05, 0) is 44.7 Å². The van der Waals surface area contributed by atoms with Crippen molar-refractivity contribution >= 4 is 17.5 Å². The Morgan fingerprint density at radius 2 is 1.76 bits per heavy atom. The summed E-state index contributed by atoms with van der Waals surface area (Å²) in [6.45, 7) is 5.48. The first kappa shape index (κ1) is 23.7. The molecule has 6 heteroatoms. The van der Waals surface area contributed by atoms with Crippen molar-refractivity contribution in [3.63, 3.8) is 0 Å². The van der Waals surface area contributed by atoms with E-state index < -0.39 is 11.8 Å². The highest BCUT2D eigenvalue weighted by molar-refractivity contribution is 6.09. The standard InChI is InChI=1S/C28H31NO5/c1-16(2)34-28(31)25-17(3)29-22-13-19(18-9-7-6-8-10-18)14-23(30)27(22)26(25)21-12-11-20(32-4)15-24(21)33-5/h6-12,15-16,19,25-26H,13-14H2,1-5H3. The number of esters is 1. The number of carbonyl (C=O) groups is 2. The smallest absolute Gasteiger partial charge is 0.315 e. The van der Waals surface area contributed by atoms with Crippen molar-refractivity contribution < 1.29 is 23.8 Å². The van der Waals surface area contributed by atoms with Crippen LogP contribution < -0.4 is 9.47 Å². The number of ketones is 1. The Labute approximate surface area is 200 Å². The lowest BCUT2D eigenvalue weighted by molar-refractivity contribution is -0.150. The van der Waals surface area contributed by atoms with Gasteiger partial charge in [-0.2, -0.15) is 0 Å². The summed E-state index contributed by atoms with van der Waals surface area (Å²) >= 11 is 0. The molecule has 0 spiro atoms. The van der Waals surface area contributed by atoms with Gasteiger partial charge in [-0.1, -0.05) is 36.4 Å². The van der Waals surface area contributed by atoms with Gasteiger partial charge in [0.2, 0.25) is 0 Å². The zero-order valence-corrected chi connectivity index (χ0v) is 20.3. The van der Waals surface area contributed by atoms with E-state index in [2.05, 4.69) is 12.1 Å². The van der Waals surface area contributed by atoms with Crippen molar-refractivity contribution in [1.82, 2.24) is 0 Å². The van der Waals surface area contributed by atoms with E-state index in [1.165, 1.54) is 0 Å². The van der Waals surface area contributed by atoms with E-state index >= 15 is 0 Å². The van der Waals surface area contributed by atoms with Crippen LogP contribution in [0, 0.1) is 5.92 Å². The number of ether oxygens (including phenoxy) is 3. The minimum atomic E-state index is -0.708. The van der Waals surface area contributed by atoms with Crippen LogP contribution in [-0.4, -0.2) is 37.8 Å². The molecule has 0 N–H and O–H groups in total. The summed E-state index contributed by atoms with van der Waals surface area (Å²) in [7, 11) is 3.16. The van der Waals surface area contributed by atoms with Gasteiger partial charge in [0.05, 0.1) is 20.3 Å². The lowest BCUT2D eigenvalue weighted by atomic mass is 9.69. The minimum absolute atomic E-state index is 0.0107. The summed E-state index contributed by atoms with van der Waals surface area (Å²) in [5.74, 6) is -0.367. The Kier molecular flexibility index (Phi) is 6.87. The number of Topliss-reactive ketones (excluding diaryl/α,β-unsaturated/α-hetero) is 1. The fraction of sp³-hybridized carbons (Fsp3) is 0.393. The monoisotopic (exact) mass is 461 g/mol. The zero-order chi connectivity index (χ0) is 24.4. The van der Waals surface area contributed by atoms with Crippen LogP contribution in [-0.2, 0) is 14.3 Å². The molecule has 0 radical (unpaired) electrons. The second kappa shape index (κ2) is 9.84. The van der Waals surface area contributed by atoms with E-state index in [1.807, 2.05) is 51.1 Å². The first-order chi connectivity index (χ1) is 16.3. The Morgan fingerprint density at radius 3 is 2.41 bits per heavy atom. The minimum Gasteiger partial charge on any atom is -0.497 e. The van der Waals surface area contributed by atoms with Gasteiger partial charge in [-0.25, -0.2) is 0 Å². The van der Waals surface area contributed by atoms with E-state index in [-0.39, 0.29) is 23.8 Å². The van der Waals surface area contributed by atoms with Crippen LogP contribution in [0.25, 0.3) is 0 Å². The molecule has 1 aliphatic carbocycles. The molecule has 2 aromatic carbocycles. The molecule has 0 bridgehead atoms. The molecule has 1 heterocycles. The van der Waals surface area contributed by atoms with Crippen LogP contribution >= 0.6 is 0 Å². The van der Waals surface area contributed by atoms with Gasteiger partial charge in [0, 0.05) is 41.0 Å². The number of rotatable bonds is 6. The molecule has 0 aromatic heterocycles. The number of methoxy groups -OCH3 is 2. The van der Waals surface area contributed by atoms with Gasteiger partial charge in [-0.3, -0.25) is 14.6 Å². The molecule has 34 heavy (non-hydrogen) atoms. The predicted octanol–water partition coefficient (Wildman–Crippen LogP) is 5.23. The first-order valence-corrected chi connectivity index (χ1v) is 11.6. The highest BCUT2D eigenvalue weighted by atomic mass is 16.5. The topological polar surface area (TPSA) is 74.2 Å². The second-order valence-electron chi connectivity index (χ2n) is 9.10. The SMILES string of the molecule is COc1ccc(C2C3=C(CC(c4ccccc4)CC3=O)N=C(C)C2C(=O)OC(C)C)c(OC)c1. The lowest BCUT2D eigenvalue weighted by Gasteiger charge is -2.37. The van der Waals surface area contributed by atoms with Crippen LogP contribution in [0.3, 0.4) is 0 Å². The van der Waals surface area contributed by atoms with Crippen molar-refractivity contribution in [2.24, 2.45) is 10.9 Å². The van der Waals surface area contributed by atoms with Gasteiger partial charge in [0.25, 0.3) is 0 Å². The average Bonchev–Trinajstić information content (AvgIpc) is 2.82. The predicted molar refractivity (Wildman–Crippen MR) is 131 cm³/mol. The largest absolute Gasteiger partial charge is 0.497 e. The number of benzene rings is 2. The zero-order valence-electron chi connectivity index (χ0n) is 20.3. The first-order valence-electron chi connectivity index (χ1n) is 11.6. The van der Waals surface area contributed by atoms with E-state index in [9.17, 15) is 9.59 Å². The number of aliphatic imine (C=N–C) groups is 1. The normalized spacial score (nSPS) is 22.2. The van der Waals surface area contributed by atoms with E-state index in [1.54, 1.807) is 20.3 Å². The molecule has 0 amide bonds. The van der Waals surface area contributed by atoms with E-state index in [0.717, 1.165) is 16.8 Å². The quantitative estimate of drug-likeness (QED) is 0.551.